The van der Waals surface area contributed by atoms with Gasteiger partial charge in [-0.25, -0.2) is 9.97 Å². The van der Waals surface area contributed by atoms with Crippen molar-refractivity contribution in [3.05, 3.63) is 46.2 Å². The van der Waals surface area contributed by atoms with Gasteiger partial charge in [-0.3, -0.25) is 4.79 Å². The third-order valence-corrected chi connectivity index (χ3v) is 4.84. The summed E-state index contributed by atoms with van der Waals surface area (Å²) in [5.74, 6) is 0.292. The molecule has 1 aliphatic heterocycles. The van der Waals surface area contributed by atoms with Gasteiger partial charge in [-0.15, -0.1) is 0 Å². The van der Waals surface area contributed by atoms with Crippen molar-refractivity contribution in [1.82, 2.24) is 19.8 Å². The molecule has 2 heterocycles. The molecule has 0 atom stereocenters. The van der Waals surface area contributed by atoms with Gasteiger partial charge in [0.1, 0.15) is 0 Å². The molecule has 6 nitrogen and oxygen atoms in total. The van der Waals surface area contributed by atoms with E-state index in [-0.39, 0.29) is 5.91 Å². The van der Waals surface area contributed by atoms with Crippen LogP contribution in [0.25, 0.3) is 0 Å². The van der Waals surface area contributed by atoms with Crippen LogP contribution in [0.1, 0.15) is 17.3 Å². The fraction of sp³-hybridized carbons (Fsp3) is 0.353. The maximum absolute atomic E-state index is 12.5. The van der Waals surface area contributed by atoms with Gasteiger partial charge >= 0.3 is 0 Å². The lowest BCUT2D eigenvalue weighted by molar-refractivity contribution is 0.0642. The van der Waals surface area contributed by atoms with Gasteiger partial charge in [0.15, 0.2) is 0 Å². The molecule has 0 radical (unpaired) electrons. The monoisotopic (exact) mass is 379 g/mol. The van der Waals surface area contributed by atoms with Crippen molar-refractivity contribution < 1.29 is 4.79 Å². The van der Waals surface area contributed by atoms with Gasteiger partial charge in [-0.05, 0) is 18.7 Å². The summed E-state index contributed by atoms with van der Waals surface area (Å²) in [5.41, 5.74) is 1.02. The molecule has 1 aliphatic rings. The molecule has 0 unspecified atom stereocenters. The number of hydrogen-bond donors (Lipinski definition) is 1. The first kappa shape index (κ1) is 17.9. The lowest BCUT2D eigenvalue weighted by atomic mass is 10.2. The zero-order valence-electron chi connectivity index (χ0n) is 13.9. The molecule has 3 rings (SSSR count). The Morgan fingerprint density at radius 1 is 1.12 bits per heavy atom. The van der Waals surface area contributed by atoms with Crippen LogP contribution < -0.4 is 5.32 Å². The second-order valence-electron chi connectivity index (χ2n) is 5.74. The quantitative estimate of drug-likeness (QED) is 0.882. The summed E-state index contributed by atoms with van der Waals surface area (Å²) < 4.78 is 0. The lowest BCUT2D eigenvalue weighted by Gasteiger charge is -2.33. The smallest absolute Gasteiger partial charge is 0.257 e. The van der Waals surface area contributed by atoms with Crippen LogP contribution in [-0.2, 0) is 0 Å². The molecule has 1 N–H and O–H groups in total. The second kappa shape index (κ2) is 7.99. The normalized spacial score (nSPS) is 15.2. The van der Waals surface area contributed by atoms with E-state index in [9.17, 15) is 4.79 Å². The number of aromatic nitrogens is 2. The van der Waals surface area contributed by atoms with Gasteiger partial charge in [0.2, 0.25) is 5.95 Å². The third kappa shape index (κ3) is 4.21. The van der Waals surface area contributed by atoms with E-state index in [2.05, 4.69) is 27.1 Å². The number of amides is 1. The number of anilines is 2. The Kier molecular flexibility index (Phi) is 5.73. The number of piperazine rings is 1. The van der Waals surface area contributed by atoms with E-state index in [1.807, 2.05) is 4.90 Å². The van der Waals surface area contributed by atoms with E-state index < -0.39 is 0 Å². The van der Waals surface area contributed by atoms with Crippen LogP contribution in [-0.4, -0.2) is 58.4 Å². The summed E-state index contributed by atoms with van der Waals surface area (Å²) in [6.45, 7) is 6.38. The van der Waals surface area contributed by atoms with Crippen molar-refractivity contribution in [2.75, 3.05) is 38.0 Å². The molecule has 2 aromatic rings. The molecular formula is C17H19Cl2N5O. The highest BCUT2D eigenvalue weighted by molar-refractivity contribution is 6.39. The Morgan fingerprint density at radius 2 is 1.72 bits per heavy atom. The summed E-state index contributed by atoms with van der Waals surface area (Å²) in [6.07, 6.45) is 3.04. The largest absolute Gasteiger partial charge is 0.336 e. The van der Waals surface area contributed by atoms with Crippen LogP contribution in [0, 0.1) is 0 Å². The van der Waals surface area contributed by atoms with E-state index >= 15 is 0 Å². The average Bonchev–Trinajstić information content (AvgIpc) is 2.65. The molecule has 0 aliphatic carbocycles. The highest BCUT2D eigenvalue weighted by atomic mass is 35.5. The van der Waals surface area contributed by atoms with Crippen molar-refractivity contribution in [3.63, 3.8) is 0 Å². The number of para-hydroxylation sites is 1. The summed E-state index contributed by atoms with van der Waals surface area (Å²) in [4.78, 5) is 25.1. The van der Waals surface area contributed by atoms with Gasteiger partial charge in [0.05, 0.1) is 21.3 Å². The molecule has 1 aromatic heterocycles. The van der Waals surface area contributed by atoms with Gasteiger partial charge in [0.25, 0.3) is 5.91 Å². The highest BCUT2D eigenvalue weighted by Gasteiger charge is 2.21. The molecule has 0 spiro atoms. The predicted molar refractivity (Wildman–Crippen MR) is 99.8 cm³/mol. The van der Waals surface area contributed by atoms with Crippen molar-refractivity contribution in [1.29, 1.82) is 0 Å². The number of nitrogens with zero attached hydrogens (tertiary/aromatic N) is 4. The van der Waals surface area contributed by atoms with Crippen molar-refractivity contribution in [2.45, 2.75) is 6.92 Å². The zero-order valence-corrected chi connectivity index (χ0v) is 15.4. The van der Waals surface area contributed by atoms with Gasteiger partial charge in [-0.1, -0.05) is 36.2 Å². The molecule has 132 valence electrons. The van der Waals surface area contributed by atoms with Crippen LogP contribution in [0.3, 0.4) is 0 Å². The first-order chi connectivity index (χ1) is 12.1. The standard InChI is InChI=1S/C17H19Cl2N5O/c1-2-23-6-8-24(9-7-23)16(25)12-10-20-17(21-11-12)22-15-13(18)4-3-5-14(15)19/h3-5,10-11H,2,6-9H2,1H3,(H,20,21,22). The van der Waals surface area contributed by atoms with Gasteiger partial charge < -0.3 is 15.1 Å². The van der Waals surface area contributed by atoms with Crippen LogP contribution in [0.5, 0.6) is 0 Å². The zero-order chi connectivity index (χ0) is 17.8. The molecule has 0 bridgehead atoms. The van der Waals surface area contributed by atoms with Crippen LogP contribution >= 0.6 is 23.2 Å². The van der Waals surface area contributed by atoms with E-state index in [0.717, 1.165) is 32.7 Å². The van der Waals surface area contributed by atoms with Crippen molar-refractivity contribution in [3.8, 4) is 0 Å². The summed E-state index contributed by atoms with van der Waals surface area (Å²) in [7, 11) is 0. The number of halogens is 2. The maximum Gasteiger partial charge on any atom is 0.257 e. The molecule has 0 saturated carbocycles. The predicted octanol–water partition coefficient (Wildman–Crippen LogP) is 3.30. The van der Waals surface area contributed by atoms with E-state index in [1.165, 1.54) is 12.4 Å². The molecule has 1 saturated heterocycles. The SMILES string of the molecule is CCN1CCN(C(=O)c2cnc(Nc3c(Cl)cccc3Cl)nc2)CC1. The van der Waals surface area contributed by atoms with Crippen molar-refractivity contribution in [2.24, 2.45) is 0 Å². The Hall–Kier alpha value is -1.89. The molecule has 8 heteroatoms. The summed E-state index contributed by atoms with van der Waals surface area (Å²) in [6, 6.07) is 5.21. The topological polar surface area (TPSA) is 61.4 Å². The number of nitrogens with one attached hydrogen (secondary N) is 1. The highest BCUT2D eigenvalue weighted by Crippen LogP contribution is 2.31. The number of benzene rings is 1. The van der Waals surface area contributed by atoms with Gasteiger partial charge in [0, 0.05) is 38.6 Å². The van der Waals surface area contributed by atoms with E-state index in [0.29, 0.717) is 27.2 Å². The lowest BCUT2D eigenvalue weighted by Crippen LogP contribution is -2.48. The number of hydrogen-bond acceptors (Lipinski definition) is 5. The first-order valence-corrected chi connectivity index (χ1v) is 8.88. The minimum absolute atomic E-state index is 0.0434. The fourth-order valence-electron chi connectivity index (χ4n) is 2.68. The van der Waals surface area contributed by atoms with E-state index in [4.69, 9.17) is 23.2 Å². The Balaban J connectivity index is 1.67. The molecule has 1 fully saturated rings. The third-order valence-electron chi connectivity index (χ3n) is 4.21. The number of carbonyl (C=O) groups excluding carboxylic acids is 1. The summed E-state index contributed by atoms with van der Waals surface area (Å²) in [5, 5.41) is 3.94. The number of rotatable bonds is 4. The summed E-state index contributed by atoms with van der Waals surface area (Å²) >= 11 is 12.2. The Labute approximate surface area is 156 Å². The Morgan fingerprint density at radius 3 is 2.28 bits per heavy atom. The second-order valence-corrected chi connectivity index (χ2v) is 6.56. The number of likely N-dealkylation sites (N-methyl/N-ethyl adjacent to an activating group) is 1. The fourth-order valence-corrected chi connectivity index (χ4v) is 3.17. The van der Waals surface area contributed by atoms with Crippen LogP contribution in [0.15, 0.2) is 30.6 Å². The minimum Gasteiger partial charge on any atom is -0.336 e. The Bertz CT molecular complexity index is 725. The van der Waals surface area contributed by atoms with Crippen LogP contribution in [0.4, 0.5) is 11.6 Å². The van der Waals surface area contributed by atoms with Gasteiger partial charge in [-0.2, -0.15) is 0 Å². The molecule has 1 aromatic carbocycles. The molecule has 25 heavy (non-hydrogen) atoms. The van der Waals surface area contributed by atoms with E-state index in [1.54, 1.807) is 18.2 Å². The first-order valence-electron chi connectivity index (χ1n) is 8.13. The minimum atomic E-state index is -0.0434. The maximum atomic E-state index is 12.5. The van der Waals surface area contributed by atoms with Crippen molar-refractivity contribution >= 4 is 40.7 Å². The molecule has 1 amide bonds. The van der Waals surface area contributed by atoms with Crippen LogP contribution in [0.2, 0.25) is 10.0 Å². The number of carbonyl (C=O) groups is 1. The molecular weight excluding hydrogens is 361 g/mol. The average molecular weight is 380 g/mol.